The van der Waals surface area contributed by atoms with Crippen LogP contribution in [0.4, 0.5) is 5.69 Å². The van der Waals surface area contributed by atoms with Crippen LogP contribution in [0.15, 0.2) is 53.6 Å². The maximum atomic E-state index is 12.3. The number of carbonyl (C=O) groups excluding carboxylic acids is 1. The van der Waals surface area contributed by atoms with Gasteiger partial charge in [-0.05, 0) is 55.8 Å². The predicted molar refractivity (Wildman–Crippen MR) is 135 cm³/mol. The summed E-state index contributed by atoms with van der Waals surface area (Å²) in [6.45, 7) is 8.03. The lowest BCUT2D eigenvalue weighted by molar-refractivity contribution is 0.0943. The number of aromatic amines is 1. The van der Waals surface area contributed by atoms with Crippen molar-refractivity contribution >= 4 is 39.7 Å². The van der Waals surface area contributed by atoms with Gasteiger partial charge in [-0.15, -0.1) is 0 Å². The first kappa shape index (κ1) is 22.4. The Morgan fingerprint density at radius 1 is 1.18 bits per heavy atom. The van der Waals surface area contributed by atoms with Crippen molar-refractivity contribution in [2.75, 3.05) is 31.1 Å². The minimum Gasteiger partial charge on any atom is -0.368 e. The fraction of sp³-hybridized carbons (Fsp3) is 0.320. The van der Waals surface area contributed by atoms with Crippen molar-refractivity contribution in [3.05, 3.63) is 75.4 Å². The zero-order valence-electron chi connectivity index (χ0n) is 19.2. The summed E-state index contributed by atoms with van der Waals surface area (Å²) in [5, 5.41) is 3.48. The molecular weight excluding hydrogens is 452 g/mol. The van der Waals surface area contributed by atoms with Crippen LogP contribution in [0.3, 0.4) is 0 Å². The van der Waals surface area contributed by atoms with E-state index >= 15 is 0 Å². The topological polar surface area (TPSA) is 85.7 Å². The fourth-order valence-corrected chi connectivity index (χ4v) is 4.78. The predicted octanol–water partition coefficient (Wildman–Crippen LogP) is 3.29. The van der Waals surface area contributed by atoms with Gasteiger partial charge in [-0.25, -0.2) is 4.79 Å². The first-order valence-corrected chi connectivity index (χ1v) is 11.8. The molecule has 0 unspecified atom stereocenters. The number of nitrogens with one attached hydrogen (secondary N) is 2. The number of benzene rings is 1. The maximum Gasteiger partial charge on any atom is 0.330 e. The van der Waals surface area contributed by atoms with Crippen LogP contribution >= 0.6 is 11.6 Å². The molecule has 8 nitrogen and oxygen atoms in total. The van der Waals surface area contributed by atoms with E-state index in [-0.39, 0.29) is 17.6 Å². The summed E-state index contributed by atoms with van der Waals surface area (Å²) in [6, 6.07) is 11.3. The van der Waals surface area contributed by atoms with Crippen molar-refractivity contribution in [2.24, 2.45) is 0 Å². The van der Waals surface area contributed by atoms with Crippen LogP contribution in [0.1, 0.15) is 29.8 Å². The van der Waals surface area contributed by atoms with E-state index in [0.29, 0.717) is 10.6 Å². The van der Waals surface area contributed by atoms with E-state index in [4.69, 9.17) is 11.6 Å². The highest BCUT2D eigenvalue weighted by atomic mass is 35.5. The monoisotopic (exact) mass is 478 g/mol. The molecule has 0 spiro atoms. The molecular formula is C25H27ClN6O2. The molecule has 34 heavy (non-hydrogen) atoms. The first-order valence-electron chi connectivity index (χ1n) is 11.4. The number of H-pyrrole nitrogens is 1. The van der Waals surface area contributed by atoms with Crippen LogP contribution in [0.2, 0.25) is 5.02 Å². The van der Waals surface area contributed by atoms with Crippen molar-refractivity contribution in [2.45, 2.75) is 26.4 Å². The number of nitrogens with zero attached hydrogens (tertiary/aromatic N) is 4. The summed E-state index contributed by atoms with van der Waals surface area (Å²) in [5.74, 6) is -0.115. The Morgan fingerprint density at radius 2 is 1.97 bits per heavy atom. The first-order chi connectivity index (χ1) is 16.4. The lowest BCUT2D eigenvalue weighted by atomic mass is 10.1. The quantitative estimate of drug-likeness (QED) is 0.459. The number of halogens is 1. The van der Waals surface area contributed by atoms with Crippen molar-refractivity contribution in [3.63, 3.8) is 0 Å². The Bertz CT molecular complexity index is 1420. The second kappa shape index (κ2) is 9.12. The average molecular weight is 479 g/mol. The Hall–Kier alpha value is -3.36. The van der Waals surface area contributed by atoms with Gasteiger partial charge in [0.15, 0.2) is 0 Å². The fourth-order valence-electron chi connectivity index (χ4n) is 4.48. The number of rotatable bonds is 5. The molecule has 0 bridgehead atoms. The number of pyridine rings is 1. The molecule has 0 atom stereocenters. The lowest BCUT2D eigenvalue weighted by Crippen LogP contribution is -2.46. The summed E-state index contributed by atoms with van der Waals surface area (Å²) in [4.78, 5) is 36.7. The van der Waals surface area contributed by atoms with Gasteiger partial charge in [-0.1, -0.05) is 11.6 Å². The SMILES string of the molecule is CC(C)NC(=O)c1ccc(N2CCN(Cc3cnc4c(c3)[nH]c(=O)n3cccc43)CC2)c(Cl)c1. The van der Waals surface area contributed by atoms with Crippen molar-refractivity contribution < 1.29 is 4.79 Å². The van der Waals surface area contributed by atoms with Gasteiger partial charge >= 0.3 is 5.69 Å². The highest BCUT2D eigenvalue weighted by Crippen LogP contribution is 2.28. The van der Waals surface area contributed by atoms with Gasteiger partial charge in [0.2, 0.25) is 0 Å². The summed E-state index contributed by atoms with van der Waals surface area (Å²) in [5.41, 5.74) is 4.77. The van der Waals surface area contributed by atoms with E-state index in [1.165, 1.54) is 0 Å². The molecule has 1 aromatic carbocycles. The number of aromatic nitrogens is 3. The summed E-state index contributed by atoms with van der Waals surface area (Å²) >= 11 is 6.54. The molecule has 4 aromatic rings. The zero-order valence-corrected chi connectivity index (χ0v) is 20.0. The third-order valence-electron chi connectivity index (χ3n) is 6.14. The third-order valence-corrected chi connectivity index (χ3v) is 6.45. The number of carbonyl (C=O) groups is 1. The number of amides is 1. The number of piperazine rings is 1. The standard InChI is InChI=1S/C25H27ClN6O2/c1-16(2)28-24(33)18-5-6-21(19(26)13-18)31-10-8-30(9-11-31)15-17-12-20-23(27-14-17)22-4-3-7-32(22)25(34)29-20/h3-7,12-14,16H,8-11,15H2,1-2H3,(H,28,33)(H,29,34). The second-order valence-electron chi connectivity index (χ2n) is 8.99. The smallest absolute Gasteiger partial charge is 0.330 e. The molecule has 9 heteroatoms. The van der Waals surface area contributed by atoms with Gasteiger partial charge in [0.25, 0.3) is 5.91 Å². The van der Waals surface area contributed by atoms with Gasteiger partial charge in [0.1, 0.15) is 5.52 Å². The van der Waals surface area contributed by atoms with Crippen LogP contribution in [0.25, 0.3) is 16.6 Å². The molecule has 1 saturated heterocycles. The van der Waals surface area contributed by atoms with E-state index in [0.717, 1.165) is 60.5 Å². The largest absolute Gasteiger partial charge is 0.368 e. The van der Waals surface area contributed by atoms with E-state index < -0.39 is 0 Å². The molecule has 5 rings (SSSR count). The molecule has 1 fully saturated rings. The molecule has 1 aliphatic rings. The second-order valence-corrected chi connectivity index (χ2v) is 9.40. The average Bonchev–Trinajstić information content (AvgIpc) is 3.30. The normalized spacial score (nSPS) is 14.9. The molecule has 1 amide bonds. The van der Waals surface area contributed by atoms with Crippen molar-refractivity contribution in [3.8, 4) is 0 Å². The van der Waals surface area contributed by atoms with Crippen molar-refractivity contribution in [1.29, 1.82) is 0 Å². The van der Waals surface area contributed by atoms with Gasteiger partial charge in [0.05, 0.1) is 21.7 Å². The minimum atomic E-state index is -0.162. The number of anilines is 1. The number of hydrogen-bond donors (Lipinski definition) is 2. The van der Waals surface area contributed by atoms with Crippen molar-refractivity contribution in [1.82, 2.24) is 24.6 Å². The van der Waals surface area contributed by atoms with Crippen LogP contribution in [-0.2, 0) is 6.54 Å². The Labute approximate surface area is 202 Å². The summed E-state index contributed by atoms with van der Waals surface area (Å²) in [7, 11) is 0. The maximum absolute atomic E-state index is 12.3. The van der Waals surface area contributed by atoms with Gasteiger partial charge in [-0.3, -0.25) is 19.1 Å². The van der Waals surface area contributed by atoms with E-state index in [1.54, 1.807) is 16.7 Å². The van der Waals surface area contributed by atoms with Crippen LogP contribution in [0, 0.1) is 0 Å². The zero-order chi connectivity index (χ0) is 23.8. The Balaban J connectivity index is 1.25. The number of hydrogen-bond acceptors (Lipinski definition) is 5. The third kappa shape index (κ3) is 4.38. The van der Waals surface area contributed by atoms with Crippen LogP contribution in [-0.4, -0.2) is 57.4 Å². The molecule has 0 radical (unpaired) electrons. The highest BCUT2D eigenvalue weighted by Gasteiger charge is 2.20. The Morgan fingerprint density at radius 3 is 2.71 bits per heavy atom. The van der Waals surface area contributed by atoms with E-state index in [2.05, 4.69) is 25.1 Å². The van der Waals surface area contributed by atoms with Gasteiger partial charge in [-0.2, -0.15) is 0 Å². The van der Waals surface area contributed by atoms with Gasteiger partial charge < -0.3 is 15.2 Å². The molecule has 0 saturated carbocycles. The molecule has 1 aliphatic heterocycles. The summed E-state index contributed by atoms with van der Waals surface area (Å²) in [6.07, 6.45) is 3.63. The molecule has 4 heterocycles. The summed E-state index contributed by atoms with van der Waals surface area (Å²) < 4.78 is 1.57. The minimum absolute atomic E-state index is 0.0760. The molecule has 2 N–H and O–H groups in total. The van der Waals surface area contributed by atoms with E-state index in [9.17, 15) is 9.59 Å². The lowest BCUT2D eigenvalue weighted by Gasteiger charge is -2.36. The van der Waals surface area contributed by atoms with E-state index in [1.807, 2.05) is 50.4 Å². The van der Waals surface area contributed by atoms with Crippen LogP contribution in [0.5, 0.6) is 0 Å². The number of fused-ring (bicyclic) bond motifs is 3. The van der Waals surface area contributed by atoms with Crippen LogP contribution < -0.4 is 15.9 Å². The highest BCUT2D eigenvalue weighted by molar-refractivity contribution is 6.33. The van der Waals surface area contributed by atoms with Gasteiger partial charge in [0, 0.05) is 56.7 Å². The molecule has 176 valence electrons. The molecule has 3 aromatic heterocycles. The Kier molecular flexibility index (Phi) is 6.02. The molecule has 0 aliphatic carbocycles.